The lowest BCUT2D eigenvalue weighted by molar-refractivity contribution is 0.0791. The van der Waals surface area contributed by atoms with Crippen molar-refractivity contribution in [1.82, 2.24) is 24.6 Å². The van der Waals surface area contributed by atoms with Crippen LogP contribution in [0.3, 0.4) is 0 Å². The van der Waals surface area contributed by atoms with Gasteiger partial charge in [-0.3, -0.25) is 4.90 Å². The number of nitrogens with zero attached hydrogens (tertiary/aromatic N) is 6. The standard InChI is InChI=1S/C18H24N6O/c1-22(9-14-8-19-18-12-25-6-5-24(14)18)15-10-23(11-15)17-7-13-3-2-4-16(13)20-21-17/h7-8,15H,2-6,9-12H2,1H3. The van der Waals surface area contributed by atoms with Gasteiger partial charge in [0.15, 0.2) is 5.82 Å². The quantitative estimate of drug-likeness (QED) is 0.828. The third-order valence-electron chi connectivity index (χ3n) is 5.74. The molecule has 1 saturated heterocycles. The Morgan fingerprint density at radius 3 is 3.12 bits per heavy atom. The first-order valence-electron chi connectivity index (χ1n) is 9.19. The fourth-order valence-corrected chi connectivity index (χ4v) is 4.06. The molecular weight excluding hydrogens is 316 g/mol. The van der Waals surface area contributed by atoms with E-state index in [1.165, 1.54) is 23.4 Å². The minimum atomic E-state index is 0.557. The highest BCUT2D eigenvalue weighted by atomic mass is 16.5. The van der Waals surface area contributed by atoms with Crippen molar-refractivity contribution in [2.45, 2.75) is 45.0 Å². The van der Waals surface area contributed by atoms with Crippen LogP contribution in [0.15, 0.2) is 12.3 Å². The van der Waals surface area contributed by atoms with Gasteiger partial charge in [-0.15, -0.1) is 5.10 Å². The summed E-state index contributed by atoms with van der Waals surface area (Å²) in [6.45, 7) is 5.32. The Balaban J connectivity index is 1.21. The molecule has 4 heterocycles. The molecular formula is C18H24N6O. The largest absolute Gasteiger partial charge is 0.372 e. The van der Waals surface area contributed by atoms with Crippen LogP contribution in [0.1, 0.15) is 29.2 Å². The fourth-order valence-electron chi connectivity index (χ4n) is 4.06. The smallest absolute Gasteiger partial charge is 0.151 e. The zero-order valence-electron chi connectivity index (χ0n) is 14.7. The lowest BCUT2D eigenvalue weighted by Crippen LogP contribution is -2.58. The second-order valence-corrected chi connectivity index (χ2v) is 7.37. The lowest BCUT2D eigenvalue weighted by Gasteiger charge is -2.44. The summed E-state index contributed by atoms with van der Waals surface area (Å²) in [7, 11) is 2.20. The number of aromatic nitrogens is 4. The molecule has 0 atom stereocenters. The Labute approximate surface area is 147 Å². The molecule has 2 aromatic rings. The maximum atomic E-state index is 5.47. The van der Waals surface area contributed by atoms with E-state index in [2.05, 4.69) is 42.7 Å². The van der Waals surface area contributed by atoms with Crippen molar-refractivity contribution < 1.29 is 4.74 Å². The van der Waals surface area contributed by atoms with Crippen LogP contribution < -0.4 is 4.90 Å². The first-order valence-corrected chi connectivity index (χ1v) is 9.19. The Bertz CT molecular complexity index is 782. The molecule has 0 aromatic carbocycles. The molecule has 0 amide bonds. The Morgan fingerprint density at radius 1 is 1.28 bits per heavy atom. The average molecular weight is 340 g/mol. The summed E-state index contributed by atoms with van der Waals surface area (Å²) in [5, 5.41) is 8.84. The molecule has 1 fully saturated rings. The highest BCUT2D eigenvalue weighted by Crippen LogP contribution is 2.27. The van der Waals surface area contributed by atoms with Crippen LogP contribution in [0.4, 0.5) is 5.82 Å². The summed E-state index contributed by atoms with van der Waals surface area (Å²) in [5.41, 5.74) is 3.89. The molecule has 5 rings (SSSR count). The third-order valence-corrected chi connectivity index (χ3v) is 5.74. The van der Waals surface area contributed by atoms with E-state index >= 15 is 0 Å². The monoisotopic (exact) mass is 340 g/mol. The normalized spacial score (nSPS) is 19.8. The van der Waals surface area contributed by atoms with Gasteiger partial charge in [0.05, 0.1) is 18.0 Å². The third kappa shape index (κ3) is 2.71. The number of hydrogen-bond acceptors (Lipinski definition) is 6. The number of fused-ring (bicyclic) bond motifs is 2. The van der Waals surface area contributed by atoms with E-state index in [0.717, 1.165) is 57.3 Å². The zero-order valence-corrected chi connectivity index (χ0v) is 14.7. The van der Waals surface area contributed by atoms with Crippen LogP contribution in [-0.4, -0.2) is 57.4 Å². The van der Waals surface area contributed by atoms with E-state index < -0.39 is 0 Å². The van der Waals surface area contributed by atoms with Gasteiger partial charge in [-0.2, -0.15) is 5.10 Å². The number of likely N-dealkylation sites (N-methyl/N-ethyl adjacent to an activating group) is 1. The molecule has 0 unspecified atom stereocenters. The van der Waals surface area contributed by atoms with E-state index in [9.17, 15) is 0 Å². The molecule has 7 heteroatoms. The topological polar surface area (TPSA) is 59.3 Å². The maximum Gasteiger partial charge on any atom is 0.151 e. The van der Waals surface area contributed by atoms with Crippen LogP contribution in [-0.2, 0) is 37.3 Å². The van der Waals surface area contributed by atoms with Gasteiger partial charge in [0.2, 0.25) is 0 Å². The molecule has 1 aliphatic carbocycles. The van der Waals surface area contributed by atoms with Gasteiger partial charge >= 0.3 is 0 Å². The Kier molecular flexibility index (Phi) is 3.71. The molecule has 132 valence electrons. The minimum Gasteiger partial charge on any atom is -0.372 e. The van der Waals surface area contributed by atoms with Crippen LogP contribution in [0.2, 0.25) is 0 Å². The van der Waals surface area contributed by atoms with Crippen molar-refractivity contribution in [2.24, 2.45) is 0 Å². The van der Waals surface area contributed by atoms with Crippen molar-refractivity contribution >= 4 is 5.82 Å². The second-order valence-electron chi connectivity index (χ2n) is 7.37. The average Bonchev–Trinajstić information content (AvgIpc) is 3.20. The number of hydrogen-bond donors (Lipinski definition) is 0. The molecule has 0 saturated carbocycles. The van der Waals surface area contributed by atoms with E-state index in [0.29, 0.717) is 12.6 Å². The second kappa shape index (κ2) is 6.07. The Hall–Kier alpha value is -1.99. The zero-order chi connectivity index (χ0) is 16.8. The lowest BCUT2D eigenvalue weighted by atomic mass is 10.1. The van der Waals surface area contributed by atoms with Crippen molar-refractivity contribution in [1.29, 1.82) is 0 Å². The van der Waals surface area contributed by atoms with E-state index in [1.807, 2.05) is 6.20 Å². The predicted octanol–water partition coefficient (Wildman–Crippen LogP) is 1.01. The van der Waals surface area contributed by atoms with Crippen molar-refractivity contribution in [3.63, 3.8) is 0 Å². The van der Waals surface area contributed by atoms with Gasteiger partial charge in [-0.1, -0.05) is 0 Å². The van der Waals surface area contributed by atoms with E-state index in [-0.39, 0.29) is 0 Å². The number of aryl methyl sites for hydroxylation is 2. The van der Waals surface area contributed by atoms with Crippen molar-refractivity contribution in [3.05, 3.63) is 35.0 Å². The number of ether oxygens (including phenoxy) is 1. The van der Waals surface area contributed by atoms with Crippen LogP contribution in [0.5, 0.6) is 0 Å². The molecule has 2 aromatic heterocycles. The summed E-state index contributed by atoms with van der Waals surface area (Å²) in [6.07, 6.45) is 5.47. The molecule has 3 aliphatic rings. The maximum absolute atomic E-state index is 5.47. The summed E-state index contributed by atoms with van der Waals surface area (Å²) in [4.78, 5) is 9.26. The highest BCUT2D eigenvalue weighted by molar-refractivity contribution is 5.45. The van der Waals surface area contributed by atoms with Crippen molar-refractivity contribution in [2.75, 3.05) is 31.6 Å². The van der Waals surface area contributed by atoms with Crippen LogP contribution in [0.25, 0.3) is 0 Å². The van der Waals surface area contributed by atoms with Gasteiger partial charge in [-0.25, -0.2) is 4.98 Å². The van der Waals surface area contributed by atoms with Crippen LogP contribution >= 0.6 is 0 Å². The molecule has 0 radical (unpaired) electrons. The first-order chi connectivity index (χ1) is 12.3. The molecule has 0 spiro atoms. The molecule has 25 heavy (non-hydrogen) atoms. The summed E-state index contributed by atoms with van der Waals surface area (Å²) >= 11 is 0. The Morgan fingerprint density at radius 2 is 2.20 bits per heavy atom. The fraction of sp³-hybridized carbons (Fsp3) is 0.611. The summed E-state index contributed by atoms with van der Waals surface area (Å²) in [6, 6.07) is 2.81. The van der Waals surface area contributed by atoms with Gasteiger partial charge in [-0.05, 0) is 37.9 Å². The van der Waals surface area contributed by atoms with Crippen molar-refractivity contribution in [3.8, 4) is 0 Å². The molecule has 7 nitrogen and oxygen atoms in total. The summed E-state index contributed by atoms with van der Waals surface area (Å²) < 4.78 is 7.78. The minimum absolute atomic E-state index is 0.557. The number of rotatable bonds is 4. The first kappa shape index (κ1) is 15.3. The van der Waals surface area contributed by atoms with Gasteiger partial charge in [0.1, 0.15) is 12.4 Å². The highest BCUT2D eigenvalue weighted by Gasteiger charge is 2.32. The van der Waals surface area contributed by atoms with E-state index in [1.54, 1.807) is 0 Å². The number of imidazole rings is 1. The number of anilines is 1. The summed E-state index contributed by atoms with van der Waals surface area (Å²) in [5.74, 6) is 2.10. The van der Waals surface area contributed by atoms with Gasteiger partial charge in [0, 0.05) is 38.4 Å². The molecule has 2 aliphatic heterocycles. The molecule has 0 N–H and O–H groups in total. The van der Waals surface area contributed by atoms with E-state index in [4.69, 9.17) is 4.74 Å². The molecule has 0 bridgehead atoms. The predicted molar refractivity (Wildman–Crippen MR) is 93.4 cm³/mol. The van der Waals surface area contributed by atoms with Crippen LogP contribution in [0, 0.1) is 0 Å². The van der Waals surface area contributed by atoms with Gasteiger partial charge in [0.25, 0.3) is 0 Å². The van der Waals surface area contributed by atoms with Gasteiger partial charge < -0.3 is 14.2 Å². The SMILES string of the molecule is CN(Cc1cnc2n1CCOC2)C1CN(c2cc3c(nn2)CCC3)C1.